The molecule has 0 aliphatic carbocycles. The van der Waals surface area contributed by atoms with Gasteiger partial charge in [-0.2, -0.15) is 18.2 Å². The van der Waals surface area contributed by atoms with Crippen molar-refractivity contribution in [1.29, 1.82) is 0 Å². The van der Waals surface area contributed by atoms with Crippen LogP contribution < -0.4 is 11.1 Å². The van der Waals surface area contributed by atoms with Gasteiger partial charge in [0.1, 0.15) is 23.2 Å². The van der Waals surface area contributed by atoms with E-state index in [-0.39, 0.29) is 22.8 Å². The molecule has 0 saturated heterocycles. The molecule has 0 amide bonds. The molecule has 0 aliphatic heterocycles. The molecule has 0 spiro atoms. The molecule has 0 fully saturated rings. The van der Waals surface area contributed by atoms with Crippen LogP contribution in [0.5, 0.6) is 0 Å². The van der Waals surface area contributed by atoms with E-state index in [4.69, 9.17) is 5.73 Å². The van der Waals surface area contributed by atoms with E-state index in [9.17, 15) is 13.2 Å². The van der Waals surface area contributed by atoms with Crippen molar-refractivity contribution in [1.82, 2.24) is 19.5 Å². The van der Waals surface area contributed by atoms with Gasteiger partial charge >= 0.3 is 6.18 Å². The number of benzene rings is 2. The number of hydrogen-bond donors (Lipinski definition) is 2. The summed E-state index contributed by atoms with van der Waals surface area (Å²) in [6.07, 6.45) is -1.77. The largest absolute Gasteiger partial charge is 0.420 e. The molecule has 6 nitrogen and oxygen atoms in total. The molecule has 148 valence electrons. The summed E-state index contributed by atoms with van der Waals surface area (Å²) in [5.74, 6) is 0.746. The highest BCUT2D eigenvalue weighted by Crippen LogP contribution is 2.38. The fourth-order valence-electron chi connectivity index (χ4n) is 3.15. The molecule has 0 saturated carbocycles. The van der Waals surface area contributed by atoms with Gasteiger partial charge in [0.25, 0.3) is 0 Å². The van der Waals surface area contributed by atoms with Crippen molar-refractivity contribution < 1.29 is 13.2 Å². The zero-order valence-electron chi connectivity index (χ0n) is 15.4. The summed E-state index contributed by atoms with van der Waals surface area (Å²) >= 11 is 0. The fraction of sp³-hybridized carbons (Fsp3) is 0.150. The van der Waals surface area contributed by atoms with Crippen molar-refractivity contribution in [3.63, 3.8) is 0 Å². The van der Waals surface area contributed by atoms with E-state index in [0.29, 0.717) is 11.8 Å². The Morgan fingerprint density at radius 1 is 1.03 bits per heavy atom. The van der Waals surface area contributed by atoms with Crippen LogP contribution in [0.4, 0.5) is 24.8 Å². The molecule has 1 atom stereocenters. The lowest BCUT2D eigenvalue weighted by Crippen LogP contribution is -2.11. The van der Waals surface area contributed by atoms with Crippen molar-refractivity contribution in [2.24, 2.45) is 0 Å². The predicted octanol–water partition coefficient (Wildman–Crippen LogP) is 4.59. The summed E-state index contributed by atoms with van der Waals surface area (Å²) in [5.41, 5.74) is 5.33. The van der Waals surface area contributed by atoms with Crippen molar-refractivity contribution >= 4 is 22.7 Å². The number of alkyl halides is 3. The summed E-state index contributed by atoms with van der Waals surface area (Å²) in [4.78, 5) is 12.6. The van der Waals surface area contributed by atoms with Gasteiger partial charge < -0.3 is 11.1 Å². The predicted molar refractivity (Wildman–Crippen MR) is 105 cm³/mol. The van der Waals surface area contributed by atoms with Gasteiger partial charge in [0, 0.05) is 11.9 Å². The molecule has 0 aliphatic rings. The Morgan fingerprint density at radius 2 is 1.79 bits per heavy atom. The minimum absolute atomic E-state index is 0.0531. The monoisotopic (exact) mass is 398 g/mol. The van der Waals surface area contributed by atoms with Gasteiger partial charge in [-0.1, -0.05) is 30.3 Å². The van der Waals surface area contributed by atoms with Gasteiger partial charge in [0.15, 0.2) is 0 Å². The number of imidazole rings is 1. The maximum Gasteiger partial charge on any atom is 0.420 e. The number of aromatic nitrogens is 4. The van der Waals surface area contributed by atoms with Crippen LogP contribution in [0.15, 0.2) is 61.1 Å². The summed E-state index contributed by atoms with van der Waals surface area (Å²) in [7, 11) is 0. The van der Waals surface area contributed by atoms with E-state index < -0.39 is 11.7 Å². The van der Waals surface area contributed by atoms with Crippen LogP contribution in [0.1, 0.15) is 24.1 Å². The highest BCUT2D eigenvalue weighted by atomic mass is 19.4. The molecule has 4 aromatic rings. The van der Waals surface area contributed by atoms with E-state index in [1.54, 1.807) is 6.07 Å². The Balaban J connectivity index is 1.71. The molecular weight excluding hydrogens is 381 g/mol. The van der Waals surface area contributed by atoms with Crippen molar-refractivity contribution in [3.8, 4) is 5.82 Å². The molecule has 9 heteroatoms. The fourth-order valence-corrected chi connectivity index (χ4v) is 3.15. The summed E-state index contributed by atoms with van der Waals surface area (Å²) in [6, 6.07) is 14.0. The average molecular weight is 398 g/mol. The van der Waals surface area contributed by atoms with Crippen LogP contribution in [0.3, 0.4) is 0 Å². The number of hydrogen-bond acceptors (Lipinski definition) is 5. The molecule has 2 aromatic carbocycles. The lowest BCUT2D eigenvalue weighted by Gasteiger charge is -2.15. The lowest BCUT2D eigenvalue weighted by atomic mass is 10.1. The number of nitrogens with zero attached hydrogens (tertiary/aromatic N) is 4. The highest BCUT2D eigenvalue weighted by Gasteiger charge is 2.36. The highest BCUT2D eigenvalue weighted by molar-refractivity contribution is 5.85. The third-order valence-corrected chi connectivity index (χ3v) is 4.57. The number of nitrogens with two attached hydrogens (primary N) is 1. The first-order valence-electron chi connectivity index (χ1n) is 8.82. The topological polar surface area (TPSA) is 81.7 Å². The maximum absolute atomic E-state index is 13.4. The van der Waals surface area contributed by atoms with Crippen LogP contribution in [0.25, 0.3) is 16.9 Å². The van der Waals surface area contributed by atoms with E-state index >= 15 is 0 Å². The zero-order valence-corrected chi connectivity index (χ0v) is 15.4. The molecule has 29 heavy (non-hydrogen) atoms. The van der Waals surface area contributed by atoms with Gasteiger partial charge in [-0.3, -0.25) is 4.57 Å². The molecule has 0 bridgehead atoms. The van der Waals surface area contributed by atoms with Crippen LogP contribution >= 0.6 is 0 Å². The third kappa shape index (κ3) is 3.58. The molecular formula is C20H17F3N6. The van der Waals surface area contributed by atoms with Gasteiger partial charge in [0.2, 0.25) is 5.95 Å². The summed E-state index contributed by atoms with van der Waals surface area (Å²) in [5, 5.41) is 3.20. The first kappa shape index (κ1) is 18.7. The molecule has 4 rings (SSSR count). The van der Waals surface area contributed by atoms with Crippen molar-refractivity contribution in [3.05, 3.63) is 72.2 Å². The normalized spacial score (nSPS) is 12.8. The SMILES string of the molecule is C[C@H](Nc1nccc(-n2cnc3c(C(F)(F)F)c(N)ccc32)n1)c1ccccc1. The van der Waals surface area contributed by atoms with Crippen LogP contribution in [-0.4, -0.2) is 19.5 Å². The van der Waals surface area contributed by atoms with E-state index in [1.165, 1.54) is 29.2 Å². The maximum atomic E-state index is 13.4. The van der Waals surface area contributed by atoms with Gasteiger partial charge in [0.05, 0.1) is 11.6 Å². The lowest BCUT2D eigenvalue weighted by molar-refractivity contribution is -0.135. The molecule has 0 radical (unpaired) electrons. The van der Waals surface area contributed by atoms with Crippen molar-refractivity contribution in [2.45, 2.75) is 19.1 Å². The Labute approximate surface area is 164 Å². The smallest absolute Gasteiger partial charge is 0.398 e. The van der Waals surface area contributed by atoms with E-state index in [1.807, 2.05) is 37.3 Å². The Bertz CT molecular complexity index is 1150. The van der Waals surface area contributed by atoms with Gasteiger partial charge in [-0.15, -0.1) is 0 Å². The second kappa shape index (κ2) is 7.08. The number of rotatable bonds is 4. The summed E-state index contributed by atoms with van der Waals surface area (Å²) in [6.45, 7) is 1.97. The Morgan fingerprint density at radius 3 is 2.52 bits per heavy atom. The number of nitrogen functional groups attached to an aromatic ring is 1. The molecule has 2 heterocycles. The third-order valence-electron chi connectivity index (χ3n) is 4.57. The number of fused-ring (bicyclic) bond motifs is 1. The first-order valence-corrected chi connectivity index (χ1v) is 8.82. The summed E-state index contributed by atoms with van der Waals surface area (Å²) < 4.78 is 41.7. The zero-order chi connectivity index (χ0) is 20.6. The minimum atomic E-state index is -4.60. The quantitative estimate of drug-likeness (QED) is 0.492. The second-order valence-electron chi connectivity index (χ2n) is 6.53. The Hall–Kier alpha value is -3.62. The number of nitrogens with one attached hydrogen (secondary N) is 1. The van der Waals surface area contributed by atoms with Crippen LogP contribution in [0.2, 0.25) is 0 Å². The molecule has 2 aromatic heterocycles. The van der Waals surface area contributed by atoms with Crippen molar-refractivity contribution in [2.75, 3.05) is 11.1 Å². The first-order chi connectivity index (χ1) is 13.8. The van der Waals surface area contributed by atoms with Gasteiger partial charge in [-0.25, -0.2) is 9.97 Å². The van der Waals surface area contributed by atoms with E-state index in [2.05, 4.69) is 20.3 Å². The Kier molecular flexibility index (Phi) is 4.57. The van der Waals surface area contributed by atoms with E-state index in [0.717, 1.165) is 5.56 Å². The number of halogens is 3. The minimum Gasteiger partial charge on any atom is -0.398 e. The molecule has 3 N–H and O–H groups in total. The van der Waals surface area contributed by atoms with Crippen LogP contribution in [-0.2, 0) is 6.18 Å². The molecule has 0 unspecified atom stereocenters. The standard InChI is InChI=1S/C20H17F3N6/c1-12(13-5-3-2-4-6-13)27-19-25-10-9-16(28-19)29-11-26-18-15(29)8-7-14(24)17(18)20(21,22)23/h2-12H,24H2,1H3,(H,25,27,28)/t12-/m0/s1. The number of anilines is 2. The van der Waals surface area contributed by atoms with Gasteiger partial charge in [-0.05, 0) is 30.7 Å². The average Bonchev–Trinajstić information content (AvgIpc) is 3.11. The van der Waals surface area contributed by atoms with Crippen LogP contribution in [0, 0.1) is 0 Å². The second-order valence-corrected chi connectivity index (χ2v) is 6.53.